The maximum atomic E-state index is 10.7. The van der Waals surface area contributed by atoms with E-state index in [-0.39, 0.29) is 11.7 Å². The molecule has 0 unspecified atom stereocenters. The highest BCUT2D eigenvalue weighted by Gasteiger charge is 2.14. The van der Waals surface area contributed by atoms with Crippen LogP contribution in [0.1, 0.15) is 16.1 Å². The Balaban J connectivity index is 2.15. The molecule has 1 heterocycles. The van der Waals surface area contributed by atoms with Crippen molar-refractivity contribution in [3.05, 3.63) is 41.8 Å². The molecule has 0 aliphatic rings. The molecule has 19 heavy (non-hydrogen) atoms. The van der Waals surface area contributed by atoms with Crippen molar-refractivity contribution < 1.29 is 19.1 Å². The number of aromatic carboxylic acids is 1. The Morgan fingerprint density at radius 3 is 2.84 bits per heavy atom. The van der Waals surface area contributed by atoms with Gasteiger partial charge in [0.05, 0.1) is 13.7 Å². The lowest BCUT2D eigenvalue weighted by atomic mass is 10.2. The van der Waals surface area contributed by atoms with Gasteiger partial charge in [-0.15, -0.1) is 0 Å². The second-order valence-corrected chi connectivity index (χ2v) is 3.99. The molecule has 0 fully saturated rings. The third-order valence-corrected chi connectivity index (χ3v) is 2.64. The fourth-order valence-electron chi connectivity index (χ4n) is 1.69. The summed E-state index contributed by atoms with van der Waals surface area (Å²) >= 11 is 0. The summed E-state index contributed by atoms with van der Waals surface area (Å²) in [6.07, 6.45) is 1.12. The van der Waals surface area contributed by atoms with E-state index in [0.29, 0.717) is 6.54 Å². The van der Waals surface area contributed by atoms with E-state index in [4.69, 9.17) is 14.3 Å². The molecule has 0 saturated carbocycles. The van der Waals surface area contributed by atoms with Gasteiger partial charge in [-0.05, 0) is 6.07 Å². The minimum atomic E-state index is -1.11. The molecule has 0 aliphatic carbocycles. The van der Waals surface area contributed by atoms with Crippen molar-refractivity contribution in [1.82, 2.24) is 4.98 Å². The van der Waals surface area contributed by atoms with Crippen LogP contribution < -0.4 is 9.64 Å². The summed E-state index contributed by atoms with van der Waals surface area (Å²) in [6, 6.07) is 7.83. The first kappa shape index (κ1) is 12.9. The Bertz CT molecular complexity index is 580. The van der Waals surface area contributed by atoms with Gasteiger partial charge in [0.25, 0.3) is 6.01 Å². The molecule has 1 aromatic carbocycles. The Hall–Kier alpha value is -2.50. The van der Waals surface area contributed by atoms with Gasteiger partial charge in [0.2, 0.25) is 0 Å². The number of anilines is 1. The van der Waals surface area contributed by atoms with Crippen LogP contribution in [-0.4, -0.2) is 30.2 Å². The highest BCUT2D eigenvalue weighted by atomic mass is 16.5. The highest BCUT2D eigenvalue weighted by molar-refractivity contribution is 5.85. The van der Waals surface area contributed by atoms with Gasteiger partial charge in [0, 0.05) is 12.6 Å². The zero-order chi connectivity index (χ0) is 13.8. The Morgan fingerprint density at radius 1 is 1.47 bits per heavy atom. The molecule has 1 aromatic heterocycles. The molecule has 0 aliphatic heterocycles. The number of nitrogens with zero attached hydrogens (tertiary/aromatic N) is 2. The summed E-state index contributed by atoms with van der Waals surface area (Å²) in [6.45, 7) is 0.504. The molecule has 0 spiro atoms. The van der Waals surface area contributed by atoms with Crippen molar-refractivity contribution in [3.63, 3.8) is 0 Å². The van der Waals surface area contributed by atoms with Crippen molar-refractivity contribution in [2.24, 2.45) is 0 Å². The summed E-state index contributed by atoms with van der Waals surface area (Å²) in [5.41, 5.74) is 0.851. The van der Waals surface area contributed by atoms with Crippen LogP contribution in [0.4, 0.5) is 6.01 Å². The van der Waals surface area contributed by atoms with Crippen LogP contribution >= 0.6 is 0 Å². The number of hydrogen-bond acceptors (Lipinski definition) is 5. The average Bonchev–Trinajstić information content (AvgIpc) is 2.89. The smallest absolute Gasteiger partial charge is 0.357 e. The second kappa shape index (κ2) is 5.43. The number of carboxylic acid groups (broad SMARTS) is 1. The number of carbonyl (C=O) groups is 1. The molecule has 6 heteroatoms. The molecule has 0 radical (unpaired) electrons. The van der Waals surface area contributed by atoms with E-state index in [1.807, 2.05) is 24.3 Å². The van der Waals surface area contributed by atoms with Gasteiger partial charge in [0.15, 0.2) is 5.69 Å². The predicted octanol–water partition coefficient (Wildman–Crippen LogP) is 2.02. The van der Waals surface area contributed by atoms with Gasteiger partial charge < -0.3 is 19.2 Å². The molecule has 1 N–H and O–H groups in total. The summed E-state index contributed by atoms with van der Waals surface area (Å²) < 4.78 is 10.4. The first-order valence-electron chi connectivity index (χ1n) is 5.63. The monoisotopic (exact) mass is 262 g/mol. The number of ether oxygens (including phenoxy) is 1. The highest BCUT2D eigenvalue weighted by Crippen LogP contribution is 2.21. The van der Waals surface area contributed by atoms with Crippen molar-refractivity contribution in [3.8, 4) is 5.75 Å². The summed E-state index contributed by atoms with van der Waals surface area (Å²) in [5.74, 6) is -0.347. The molecule has 0 saturated heterocycles. The zero-order valence-electron chi connectivity index (χ0n) is 10.7. The van der Waals surface area contributed by atoms with Crippen LogP contribution in [0, 0.1) is 0 Å². The van der Waals surface area contributed by atoms with E-state index < -0.39 is 5.97 Å². The third kappa shape index (κ3) is 2.85. The van der Waals surface area contributed by atoms with Crippen molar-refractivity contribution in [1.29, 1.82) is 0 Å². The lowest BCUT2D eigenvalue weighted by Crippen LogP contribution is -2.17. The van der Waals surface area contributed by atoms with Crippen LogP contribution in [0.25, 0.3) is 0 Å². The number of para-hydroxylation sites is 1. The van der Waals surface area contributed by atoms with E-state index in [9.17, 15) is 4.79 Å². The van der Waals surface area contributed by atoms with Gasteiger partial charge in [-0.2, -0.15) is 4.98 Å². The zero-order valence-corrected chi connectivity index (χ0v) is 10.7. The summed E-state index contributed by atoms with van der Waals surface area (Å²) in [5, 5.41) is 8.79. The first-order valence-corrected chi connectivity index (χ1v) is 5.63. The SMILES string of the molecule is COc1ccccc1CN(C)c1nc(C(=O)O)co1. The van der Waals surface area contributed by atoms with Crippen LogP contribution in [0.15, 0.2) is 34.9 Å². The van der Waals surface area contributed by atoms with E-state index in [2.05, 4.69) is 4.98 Å². The third-order valence-electron chi connectivity index (χ3n) is 2.64. The minimum absolute atomic E-state index is 0.109. The maximum Gasteiger partial charge on any atom is 0.357 e. The topological polar surface area (TPSA) is 75.8 Å². The largest absolute Gasteiger partial charge is 0.496 e. The number of oxazole rings is 1. The number of benzene rings is 1. The van der Waals surface area contributed by atoms with Crippen LogP contribution in [0.2, 0.25) is 0 Å². The quantitative estimate of drug-likeness (QED) is 0.888. The lowest BCUT2D eigenvalue weighted by Gasteiger charge is -2.16. The number of aromatic nitrogens is 1. The van der Waals surface area contributed by atoms with Crippen molar-refractivity contribution >= 4 is 12.0 Å². The van der Waals surface area contributed by atoms with Gasteiger partial charge in [-0.3, -0.25) is 0 Å². The predicted molar refractivity (Wildman–Crippen MR) is 68.6 cm³/mol. The van der Waals surface area contributed by atoms with Gasteiger partial charge >= 0.3 is 5.97 Å². The second-order valence-electron chi connectivity index (χ2n) is 3.99. The number of methoxy groups -OCH3 is 1. The lowest BCUT2D eigenvalue weighted by molar-refractivity contribution is 0.0690. The fourth-order valence-corrected chi connectivity index (χ4v) is 1.69. The molecule has 0 amide bonds. The summed E-state index contributed by atoms with van der Waals surface area (Å²) in [4.78, 5) is 16.3. The van der Waals surface area contributed by atoms with Gasteiger partial charge in [-0.1, -0.05) is 18.2 Å². The van der Waals surface area contributed by atoms with E-state index in [0.717, 1.165) is 17.6 Å². The Labute approximate surface area is 110 Å². The van der Waals surface area contributed by atoms with E-state index >= 15 is 0 Å². The van der Waals surface area contributed by atoms with Crippen molar-refractivity contribution in [2.45, 2.75) is 6.54 Å². The van der Waals surface area contributed by atoms with E-state index in [1.165, 1.54) is 0 Å². The molecule has 0 atom stereocenters. The van der Waals surface area contributed by atoms with Crippen LogP contribution in [-0.2, 0) is 6.54 Å². The number of carboxylic acids is 1. The fraction of sp³-hybridized carbons (Fsp3) is 0.231. The Kier molecular flexibility index (Phi) is 3.70. The number of hydrogen-bond donors (Lipinski definition) is 1. The molecule has 0 bridgehead atoms. The molecule has 100 valence electrons. The minimum Gasteiger partial charge on any atom is -0.496 e. The van der Waals surface area contributed by atoms with Gasteiger partial charge in [-0.25, -0.2) is 4.79 Å². The standard InChI is InChI=1S/C13H14N2O4/c1-15(13-14-10(8-19-13)12(16)17)7-9-5-3-4-6-11(9)18-2/h3-6,8H,7H2,1-2H3,(H,16,17). The maximum absolute atomic E-state index is 10.7. The van der Waals surface area contributed by atoms with Crippen molar-refractivity contribution in [2.75, 3.05) is 19.1 Å². The Morgan fingerprint density at radius 2 is 2.21 bits per heavy atom. The molecule has 6 nitrogen and oxygen atoms in total. The van der Waals surface area contributed by atoms with E-state index in [1.54, 1.807) is 19.1 Å². The van der Waals surface area contributed by atoms with Crippen LogP contribution in [0.5, 0.6) is 5.75 Å². The van der Waals surface area contributed by atoms with Crippen LogP contribution in [0.3, 0.4) is 0 Å². The molecular formula is C13H14N2O4. The van der Waals surface area contributed by atoms with Gasteiger partial charge in [0.1, 0.15) is 12.0 Å². The molecule has 2 rings (SSSR count). The molecular weight excluding hydrogens is 248 g/mol. The summed E-state index contributed by atoms with van der Waals surface area (Å²) in [7, 11) is 3.37. The molecule has 2 aromatic rings. The average molecular weight is 262 g/mol. The first-order chi connectivity index (χ1) is 9.11. The normalized spacial score (nSPS) is 10.2. The number of rotatable bonds is 5.